The lowest BCUT2D eigenvalue weighted by molar-refractivity contribution is -0.120. The maximum atomic E-state index is 13.8. The molecule has 5 heteroatoms. The molecular weight excluding hydrogens is 420 g/mol. The molecule has 0 N–H and O–H groups in total. The first-order valence-corrected chi connectivity index (χ1v) is 11.1. The minimum absolute atomic E-state index is 0.322. The van der Waals surface area contributed by atoms with Crippen LogP contribution in [0.1, 0.15) is 27.8 Å². The molecule has 0 bridgehead atoms. The SMILES string of the molecule is Cc1ccc(C2=C(N3CCc4ccccc4C3)C(=O)N(c3ccccc3Cl)C2=O)c(C)c1. The number of benzene rings is 3. The average molecular weight is 443 g/mol. The molecule has 0 spiro atoms. The number of halogens is 1. The molecule has 0 fully saturated rings. The summed E-state index contributed by atoms with van der Waals surface area (Å²) in [6.45, 7) is 5.27. The Hall–Kier alpha value is -3.37. The number of amides is 2. The van der Waals surface area contributed by atoms with Crippen molar-refractivity contribution in [3.05, 3.63) is 105 Å². The quantitative estimate of drug-likeness (QED) is 0.517. The van der Waals surface area contributed by atoms with Crippen LogP contribution >= 0.6 is 11.6 Å². The summed E-state index contributed by atoms with van der Waals surface area (Å²) < 4.78 is 0. The van der Waals surface area contributed by atoms with Gasteiger partial charge in [-0.15, -0.1) is 0 Å². The Labute approximate surface area is 192 Å². The first-order valence-electron chi connectivity index (χ1n) is 10.7. The van der Waals surface area contributed by atoms with Crippen LogP contribution in [0.5, 0.6) is 0 Å². The Kier molecular flexibility index (Phi) is 5.10. The summed E-state index contributed by atoms with van der Waals surface area (Å²) in [6.07, 6.45) is 0.827. The molecule has 32 heavy (non-hydrogen) atoms. The second-order valence-electron chi connectivity index (χ2n) is 8.38. The van der Waals surface area contributed by atoms with Crippen molar-refractivity contribution in [1.29, 1.82) is 0 Å². The Morgan fingerprint density at radius 3 is 2.31 bits per heavy atom. The van der Waals surface area contributed by atoms with Crippen LogP contribution in [0.2, 0.25) is 5.02 Å². The van der Waals surface area contributed by atoms with E-state index in [4.69, 9.17) is 11.6 Å². The van der Waals surface area contributed by atoms with Crippen LogP contribution in [0.25, 0.3) is 5.57 Å². The van der Waals surface area contributed by atoms with E-state index in [0.29, 0.717) is 35.1 Å². The third-order valence-electron chi connectivity index (χ3n) is 6.25. The summed E-state index contributed by atoms with van der Waals surface area (Å²) in [5.41, 5.74) is 6.66. The summed E-state index contributed by atoms with van der Waals surface area (Å²) in [7, 11) is 0. The molecule has 2 heterocycles. The number of carbonyl (C=O) groups excluding carboxylic acids is 2. The Morgan fingerprint density at radius 1 is 0.844 bits per heavy atom. The van der Waals surface area contributed by atoms with Crippen molar-refractivity contribution in [1.82, 2.24) is 4.90 Å². The zero-order valence-corrected chi connectivity index (χ0v) is 18.8. The summed E-state index contributed by atoms with van der Waals surface area (Å²) >= 11 is 6.40. The van der Waals surface area contributed by atoms with E-state index in [2.05, 4.69) is 12.1 Å². The van der Waals surface area contributed by atoms with E-state index in [9.17, 15) is 9.59 Å². The number of fused-ring (bicyclic) bond motifs is 1. The van der Waals surface area contributed by atoms with Crippen molar-refractivity contribution >= 4 is 34.7 Å². The predicted octanol–water partition coefficient (Wildman–Crippen LogP) is 5.30. The van der Waals surface area contributed by atoms with Gasteiger partial charge in [-0.3, -0.25) is 9.59 Å². The highest BCUT2D eigenvalue weighted by Gasteiger charge is 2.44. The summed E-state index contributed by atoms with van der Waals surface area (Å²) in [5.74, 6) is -0.652. The van der Waals surface area contributed by atoms with E-state index in [1.807, 2.05) is 49.1 Å². The van der Waals surface area contributed by atoms with Gasteiger partial charge in [0, 0.05) is 13.1 Å². The number of nitrogens with zero attached hydrogens (tertiary/aromatic N) is 2. The highest BCUT2D eigenvalue weighted by atomic mass is 35.5. The third kappa shape index (κ3) is 3.32. The number of aryl methyl sites for hydroxylation is 2. The fraction of sp³-hybridized carbons (Fsp3) is 0.185. The van der Waals surface area contributed by atoms with Crippen LogP contribution in [-0.2, 0) is 22.6 Å². The van der Waals surface area contributed by atoms with Crippen LogP contribution in [0.3, 0.4) is 0 Å². The van der Waals surface area contributed by atoms with Gasteiger partial charge in [0.05, 0.1) is 16.3 Å². The largest absolute Gasteiger partial charge is 0.362 e. The number of hydrogen-bond donors (Lipinski definition) is 0. The van der Waals surface area contributed by atoms with Gasteiger partial charge < -0.3 is 4.90 Å². The molecule has 2 amide bonds. The molecule has 0 unspecified atom stereocenters. The summed E-state index contributed by atoms with van der Waals surface area (Å²) in [4.78, 5) is 30.8. The van der Waals surface area contributed by atoms with Crippen LogP contribution in [0.15, 0.2) is 72.4 Å². The molecule has 3 aromatic rings. The minimum Gasteiger partial charge on any atom is -0.362 e. The molecule has 5 rings (SSSR count). The van der Waals surface area contributed by atoms with E-state index in [0.717, 1.165) is 23.1 Å². The maximum Gasteiger partial charge on any atom is 0.282 e. The molecule has 0 aromatic heterocycles. The van der Waals surface area contributed by atoms with E-state index >= 15 is 0 Å². The Morgan fingerprint density at radius 2 is 1.56 bits per heavy atom. The first-order chi connectivity index (χ1) is 15.5. The highest BCUT2D eigenvalue weighted by molar-refractivity contribution is 6.47. The van der Waals surface area contributed by atoms with Gasteiger partial charge in [-0.2, -0.15) is 0 Å². The summed E-state index contributed by atoms with van der Waals surface area (Å²) in [6, 6.07) is 21.2. The highest BCUT2D eigenvalue weighted by Crippen LogP contribution is 2.39. The van der Waals surface area contributed by atoms with E-state index in [1.165, 1.54) is 16.0 Å². The standard InChI is InChI=1S/C27H23ClN2O2/c1-17-11-12-21(18(2)15-17)24-25(29-14-13-19-7-3-4-8-20(19)16-29)27(32)30(26(24)31)23-10-6-5-9-22(23)28/h3-12,15H,13-14,16H2,1-2H3. The van der Waals surface area contributed by atoms with Crippen molar-refractivity contribution in [2.45, 2.75) is 26.8 Å². The van der Waals surface area contributed by atoms with Crippen molar-refractivity contribution in [3.63, 3.8) is 0 Å². The van der Waals surface area contributed by atoms with Crippen LogP contribution in [0.4, 0.5) is 5.69 Å². The van der Waals surface area contributed by atoms with E-state index in [-0.39, 0.29) is 11.8 Å². The topological polar surface area (TPSA) is 40.6 Å². The number of carbonyl (C=O) groups is 2. The second-order valence-corrected chi connectivity index (χ2v) is 8.79. The molecule has 0 atom stereocenters. The number of hydrogen-bond acceptors (Lipinski definition) is 3. The number of rotatable bonds is 3. The number of imide groups is 1. The van der Waals surface area contributed by atoms with E-state index in [1.54, 1.807) is 24.3 Å². The molecule has 2 aliphatic heterocycles. The normalized spacial score (nSPS) is 16.1. The zero-order valence-electron chi connectivity index (χ0n) is 18.1. The molecule has 160 valence electrons. The van der Waals surface area contributed by atoms with Gasteiger partial charge >= 0.3 is 0 Å². The molecule has 0 saturated carbocycles. The molecule has 0 aliphatic carbocycles. The van der Waals surface area contributed by atoms with Gasteiger partial charge in [-0.05, 0) is 54.7 Å². The van der Waals surface area contributed by atoms with Crippen molar-refractivity contribution in [2.24, 2.45) is 0 Å². The smallest absolute Gasteiger partial charge is 0.282 e. The summed E-state index contributed by atoms with van der Waals surface area (Å²) in [5, 5.41) is 0.374. The zero-order chi connectivity index (χ0) is 22.4. The fourth-order valence-corrected chi connectivity index (χ4v) is 4.91. The second kappa shape index (κ2) is 7.95. The minimum atomic E-state index is -0.330. The lowest BCUT2D eigenvalue weighted by Gasteiger charge is -2.31. The van der Waals surface area contributed by atoms with Gasteiger partial charge in [0.15, 0.2) is 0 Å². The predicted molar refractivity (Wildman–Crippen MR) is 127 cm³/mol. The van der Waals surface area contributed by atoms with Gasteiger partial charge in [0.25, 0.3) is 11.8 Å². The molecular formula is C27H23ClN2O2. The van der Waals surface area contributed by atoms with Gasteiger partial charge in [0.2, 0.25) is 0 Å². The van der Waals surface area contributed by atoms with Gasteiger partial charge in [0.1, 0.15) is 5.70 Å². The lowest BCUT2D eigenvalue weighted by Crippen LogP contribution is -2.37. The molecule has 3 aromatic carbocycles. The van der Waals surface area contributed by atoms with Crippen LogP contribution in [0, 0.1) is 13.8 Å². The Bertz CT molecular complexity index is 1290. The van der Waals surface area contributed by atoms with Crippen LogP contribution in [-0.4, -0.2) is 23.3 Å². The number of para-hydroxylation sites is 1. The van der Waals surface area contributed by atoms with E-state index < -0.39 is 0 Å². The molecule has 0 radical (unpaired) electrons. The van der Waals surface area contributed by atoms with Crippen LogP contribution < -0.4 is 4.90 Å². The maximum absolute atomic E-state index is 13.8. The van der Waals surface area contributed by atoms with Gasteiger partial charge in [-0.25, -0.2) is 4.90 Å². The molecule has 0 saturated heterocycles. The van der Waals surface area contributed by atoms with Gasteiger partial charge in [-0.1, -0.05) is 71.8 Å². The first kappa shape index (κ1) is 20.5. The third-order valence-corrected chi connectivity index (χ3v) is 6.57. The Balaban J connectivity index is 1.67. The van der Waals surface area contributed by atoms with Crippen molar-refractivity contribution in [3.8, 4) is 0 Å². The average Bonchev–Trinajstić information content (AvgIpc) is 3.04. The monoisotopic (exact) mass is 442 g/mol. The fourth-order valence-electron chi connectivity index (χ4n) is 4.69. The lowest BCUT2D eigenvalue weighted by atomic mass is 9.95. The van der Waals surface area contributed by atoms with Crippen molar-refractivity contribution in [2.75, 3.05) is 11.4 Å². The molecule has 4 nitrogen and oxygen atoms in total. The van der Waals surface area contributed by atoms with Crippen molar-refractivity contribution < 1.29 is 9.59 Å². The molecule has 2 aliphatic rings. The number of anilines is 1.